The number of para-hydroxylation sites is 1. The van der Waals surface area contributed by atoms with E-state index in [9.17, 15) is 14.9 Å². The van der Waals surface area contributed by atoms with Gasteiger partial charge in [-0.1, -0.05) is 18.2 Å². The third kappa shape index (κ3) is 4.48. The number of nitrogens with one attached hydrogen (secondary N) is 1. The molecule has 0 atom stereocenters. The van der Waals surface area contributed by atoms with Gasteiger partial charge in [0.05, 0.1) is 15.5 Å². The zero-order valence-electron chi connectivity index (χ0n) is 15.7. The normalized spacial score (nSPS) is 19.6. The summed E-state index contributed by atoms with van der Waals surface area (Å²) in [5.41, 5.74) is 2.37. The molecule has 2 saturated heterocycles. The molecule has 4 rings (SSSR count). The fourth-order valence-corrected chi connectivity index (χ4v) is 4.27. The van der Waals surface area contributed by atoms with Crippen LogP contribution in [-0.4, -0.2) is 29.1 Å². The molecule has 0 spiro atoms. The summed E-state index contributed by atoms with van der Waals surface area (Å²) >= 11 is 1.24. The third-order valence-electron chi connectivity index (χ3n) is 4.84. The fourth-order valence-electron chi connectivity index (χ4n) is 3.44. The molecule has 2 fully saturated rings. The number of carbonyl (C=O) groups is 1. The second kappa shape index (κ2) is 8.48. The number of rotatable bonds is 4. The van der Waals surface area contributed by atoms with Gasteiger partial charge in [0.25, 0.3) is 11.6 Å². The van der Waals surface area contributed by atoms with Gasteiger partial charge in [-0.05, 0) is 55.3 Å². The summed E-state index contributed by atoms with van der Waals surface area (Å²) in [6.45, 7) is 1.82. The summed E-state index contributed by atoms with van der Waals surface area (Å²) < 4.78 is 0. The maximum atomic E-state index is 12.5. The van der Waals surface area contributed by atoms with Crippen molar-refractivity contribution in [2.45, 2.75) is 19.3 Å². The van der Waals surface area contributed by atoms with Crippen molar-refractivity contribution in [3.8, 4) is 0 Å². The van der Waals surface area contributed by atoms with Gasteiger partial charge in [0.15, 0.2) is 5.17 Å². The van der Waals surface area contributed by atoms with E-state index in [4.69, 9.17) is 0 Å². The smallest absolute Gasteiger partial charge is 0.270 e. The molecule has 2 aromatic rings. The number of benzene rings is 2. The minimum Gasteiger partial charge on any atom is -0.371 e. The third-order valence-corrected chi connectivity index (χ3v) is 5.75. The second-order valence-corrected chi connectivity index (χ2v) is 7.90. The average molecular weight is 408 g/mol. The lowest BCUT2D eigenvalue weighted by atomic mass is 10.1. The first-order chi connectivity index (χ1) is 14.1. The molecule has 2 aromatic carbocycles. The van der Waals surface area contributed by atoms with Crippen LogP contribution in [-0.2, 0) is 4.79 Å². The fraction of sp³-hybridized carbons (Fsp3) is 0.238. The molecule has 0 saturated carbocycles. The van der Waals surface area contributed by atoms with Gasteiger partial charge < -0.3 is 10.2 Å². The van der Waals surface area contributed by atoms with Crippen LogP contribution in [0.4, 0.5) is 17.1 Å². The molecule has 0 bridgehead atoms. The van der Waals surface area contributed by atoms with Crippen LogP contribution in [0.15, 0.2) is 58.4 Å². The molecule has 0 aliphatic carbocycles. The average Bonchev–Trinajstić information content (AvgIpc) is 3.08. The Morgan fingerprint density at radius 3 is 2.59 bits per heavy atom. The molecule has 2 heterocycles. The number of carbonyl (C=O) groups excluding carboxylic acids is 1. The number of aliphatic imine (C=N–C) groups is 1. The van der Waals surface area contributed by atoms with Crippen LogP contribution in [0.5, 0.6) is 0 Å². The number of nitro benzene ring substituents is 1. The predicted octanol–water partition coefficient (Wildman–Crippen LogP) is 4.48. The molecule has 2 aliphatic heterocycles. The Labute approximate surface area is 172 Å². The standard InChI is InChI=1S/C21H20N4O3S/c26-20-19(29-21(23-20)22-16-7-3-1-4-8-16)14-15-13-17(25(27)28)9-10-18(15)24-11-5-2-6-12-24/h1,3-4,7-10,13-14H,2,5-6,11-12H2,(H,22,23,26)/b19-14-. The Bertz CT molecular complexity index is 998. The highest BCUT2D eigenvalue weighted by Crippen LogP contribution is 2.33. The van der Waals surface area contributed by atoms with Gasteiger partial charge in [0.2, 0.25) is 0 Å². The first-order valence-electron chi connectivity index (χ1n) is 9.48. The number of amidine groups is 1. The predicted molar refractivity (Wildman–Crippen MR) is 116 cm³/mol. The Morgan fingerprint density at radius 1 is 1.10 bits per heavy atom. The quantitative estimate of drug-likeness (QED) is 0.458. The second-order valence-electron chi connectivity index (χ2n) is 6.87. The van der Waals surface area contributed by atoms with Crippen molar-refractivity contribution in [1.82, 2.24) is 5.32 Å². The van der Waals surface area contributed by atoms with E-state index < -0.39 is 4.92 Å². The molecule has 1 N–H and O–H groups in total. The van der Waals surface area contributed by atoms with E-state index in [0.29, 0.717) is 15.6 Å². The number of nitrogens with zero attached hydrogens (tertiary/aromatic N) is 3. The molecule has 0 aromatic heterocycles. The lowest BCUT2D eigenvalue weighted by molar-refractivity contribution is -0.384. The molecule has 29 heavy (non-hydrogen) atoms. The number of anilines is 1. The van der Waals surface area contributed by atoms with Gasteiger partial charge in [-0.25, -0.2) is 4.99 Å². The molecule has 7 nitrogen and oxygen atoms in total. The van der Waals surface area contributed by atoms with Crippen molar-refractivity contribution >= 4 is 46.0 Å². The van der Waals surface area contributed by atoms with Crippen molar-refractivity contribution in [1.29, 1.82) is 0 Å². The Hall–Kier alpha value is -3.13. The number of nitro groups is 1. The molecule has 148 valence electrons. The molecule has 0 radical (unpaired) electrons. The first-order valence-corrected chi connectivity index (χ1v) is 10.3. The van der Waals surface area contributed by atoms with E-state index in [1.807, 2.05) is 30.3 Å². The van der Waals surface area contributed by atoms with Gasteiger partial charge in [0.1, 0.15) is 0 Å². The molecule has 8 heteroatoms. The summed E-state index contributed by atoms with van der Waals surface area (Å²) in [7, 11) is 0. The molecule has 0 unspecified atom stereocenters. The van der Waals surface area contributed by atoms with Crippen molar-refractivity contribution in [2.75, 3.05) is 18.0 Å². The summed E-state index contributed by atoms with van der Waals surface area (Å²) in [5.74, 6) is -0.249. The topological polar surface area (TPSA) is 87.8 Å². The lowest BCUT2D eigenvalue weighted by Gasteiger charge is -2.30. The molecule has 2 aliphatic rings. The highest BCUT2D eigenvalue weighted by molar-refractivity contribution is 8.18. The van der Waals surface area contributed by atoms with E-state index in [2.05, 4.69) is 15.2 Å². The van der Waals surface area contributed by atoms with Gasteiger partial charge in [0, 0.05) is 36.5 Å². The van der Waals surface area contributed by atoms with E-state index in [0.717, 1.165) is 37.3 Å². The number of piperidine rings is 1. The minimum absolute atomic E-state index is 0.0131. The number of thioether (sulfide) groups is 1. The SMILES string of the molecule is O=C1NC(=Nc2ccccc2)S/C1=C\c1cc([N+](=O)[O-])ccc1N1CCCCC1. The molecule has 1 amide bonds. The van der Waals surface area contributed by atoms with Crippen LogP contribution in [0.2, 0.25) is 0 Å². The van der Waals surface area contributed by atoms with Gasteiger partial charge in [-0.3, -0.25) is 14.9 Å². The van der Waals surface area contributed by atoms with Crippen LogP contribution < -0.4 is 10.2 Å². The number of hydrogen-bond donors (Lipinski definition) is 1. The highest BCUT2D eigenvalue weighted by atomic mass is 32.2. The minimum atomic E-state index is -0.411. The van der Waals surface area contributed by atoms with Crippen LogP contribution in [0.1, 0.15) is 24.8 Å². The Balaban J connectivity index is 1.67. The van der Waals surface area contributed by atoms with E-state index in [1.165, 1.54) is 30.3 Å². The van der Waals surface area contributed by atoms with Crippen molar-refractivity contribution < 1.29 is 9.72 Å². The lowest BCUT2D eigenvalue weighted by Crippen LogP contribution is -2.30. The van der Waals surface area contributed by atoms with Crippen LogP contribution in [0.25, 0.3) is 6.08 Å². The summed E-state index contributed by atoms with van der Waals surface area (Å²) in [5, 5.41) is 14.5. The maximum absolute atomic E-state index is 12.5. The van der Waals surface area contributed by atoms with Gasteiger partial charge in [-0.2, -0.15) is 0 Å². The van der Waals surface area contributed by atoms with Crippen molar-refractivity contribution in [3.63, 3.8) is 0 Å². The van der Waals surface area contributed by atoms with E-state index >= 15 is 0 Å². The number of hydrogen-bond acceptors (Lipinski definition) is 6. The van der Waals surface area contributed by atoms with Crippen molar-refractivity contribution in [3.05, 3.63) is 69.1 Å². The zero-order valence-corrected chi connectivity index (χ0v) is 16.5. The first kappa shape index (κ1) is 19.2. The maximum Gasteiger partial charge on any atom is 0.270 e. The van der Waals surface area contributed by atoms with Crippen LogP contribution in [0.3, 0.4) is 0 Å². The van der Waals surface area contributed by atoms with Crippen LogP contribution in [0, 0.1) is 10.1 Å². The number of amides is 1. The zero-order chi connectivity index (χ0) is 20.2. The Morgan fingerprint density at radius 2 is 1.86 bits per heavy atom. The van der Waals surface area contributed by atoms with E-state index in [-0.39, 0.29) is 11.6 Å². The van der Waals surface area contributed by atoms with Crippen molar-refractivity contribution in [2.24, 2.45) is 4.99 Å². The number of non-ortho nitro benzene ring substituents is 1. The summed E-state index contributed by atoms with van der Waals surface area (Å²) in [6, 6.07) is 14.2. The largest absolute Gasteiger partial charge is 0.371 e. The monoisotopic (exact) mass is 408 g/mol. The summed E-state index contributed by atoms with van der Waals surface area (Å²) in [4.78, 5) is 30.5. The Kier molecular flexibility index (Phi) is 5.62. The summed E-state index contributed by atoms with van der Waals surface area (Å²) in [6.07, 6.45) is 5.11. The highest BCUT2D eigenvalue weighted by Gasteiger charge is 2.25. The van der Waals surface area contributed by atoms with Gasteiger partial charge >= 0.3 is 0 Å². The van der Waals surface area contributed by atoms with E-state index in [1.54, 1.807) is 12.1 Å². The van der Waals surface area contributed by atoms with Gasteiger partial charge in [-0.15, -0.1) is 0 Å². The molecular weight excluding hydrogens is 388 g/mol. The van der Waals surface area contributed by atoms with Crippen LogP contribution >= 0.6 is 11.8 Å². The molecular formula is C21H20N4O3S.